The standard InChI is InChI=1S/C15H22N2O/c1-11-6-7-12-4-3-5-13(14(12)10-11)8-9-17-15(18)16-2/h6-7,10,13H,3-5,8-9H2,1-2H3,(H2,16,17,18). The molecule has 0 spiro atoms. The quantitative estimate of drug-likeness (QED) is 0.846. The predicted octanol–water partition coefficient (Wildman–Crippen LogP) is 2.73. The van der Waals surface area contributed by atoms with Crippen molar-refractivity contribution in [1.82, 2.24) is 10.6 Å². The van der Waals surface area contributed by atoms with Gasteiger partial charge in [-0.25, -0.2) is 4.79 Å². The molecule has 2 N–H and O–H groups in total. The molecule has 0 aromatic heterocycles. The summed E-state index contributed by atoms with van der Waals surface area (Å²) in [5.41, 5.74) is 4.33. The maximum absolute atomic E-state index is 11.1. The number of urea groups is 1. The third-order valence-electron chi connectivity index (χ3n) is 3.75. The molecule has 0 saturated carbocycles. The minimum atomic E-state index is -0.0877. The van der Waals surface area contributed by atoms with Crippen LogP contribution >= 0.6 is 0 Å². The van der Waals surface area contributed by atoms with Gasteiger partial charge in [0.2, 0.25) is 0 Å². The maximum Gasteiger partial charge on any atom is 0.314 e. The molecule has 0 aliphatic heterocycles. The average molecular weight is 246 g/mol. The molecule has 3 nitrogen and oxygen atoms in total. The first-order valence-corrected chi connectivity index (χ1v) is 6.75. The lowest BCUT2D eigenvalue weighted by Gasteiger charge is -2.26. The van der Waals surface area contributed by atoms with Crippen molar-refractivity contribution in [3.63, 3.8) is 0 Å². The molecule has 0 saturated heterocycles. The first-order chi connectivity index (χ1) is 8.70. The number of rotatable bonds is 3. The van der Waals surface area contributed by atoms with E-state index in [2.05, 4.69) is 35.8 Å². The zero-order valence-corrected chi connectivity index (χ0v) is 11.3. The molecule has 1 unspecified atom stereocenters. The Morgan fingerprint density at radius 1 is 1.44 bits per heavy atom. The van der Waals surface area contributed by atoms with E-state index in [1.165, 1.54) is 36.0 Å². The Balaban J connectivity index is 1.99. The first-order valence-electron chi connectivity index (χ1n) is 6.75. The van der Waals surface area contributed by atoms with Crippen LogP contribution in [-0.2, 0) is 6.42 Å². The smallest absolute Gasteiger partial charge is 0.314 e. The average Bonchev–Trinajstić information content (AvgIpc) is 2.39. The first kappa shape index (κ1) is 12.9. The molecule has 0 heterocycles. The van der Waals surface area contributed by atoms with Crippen LogP contribution < -0.4 is 10.6 Å². The summed E-state index contributed by atoms with van der Waals surface area (Å²) < 4.78 is 0. The van der Waals surface area contributed by atoms with Crippen LogP contribution in [0, 0.1) is 6.92 Å². The van der Waals surface area contributed by atoms with Crippen LogP contribution in [0.15, 0.2) is 18.2 Å². The Hall–Kier alpha value is -1.51. The van der Waals surface area contributed by atoms with Crippen LogP contribution in [0.2, 0.25) is 0 Å². The lowest BCUT2D eigenvalue weighted by atomic mass is 9.80. The Morgan fingerprint density at radius 3 is 3.06 bits per heavy atom. The van der Waals surface area contributed by atoms with Crippen molar-refractivity contribution in [2.45, 2.75) is 38.5 Å². The van der Waals surface area contributed by atoms with Gasteiger partial charge >= 0.3 is 6.03 Å². The number of hydrogen-bond acceptors (Lipinski definition) is 1. The second-order valence-corrected chi connectivity index (χ2v) is 5.09. The van der Waals surface area contributed by atoms with E-state index >= 15 is 0 Å². The van der Waals surface area contributed by atoms with E-state index in [4.69, 9.17) is 0 Å². The van der Waals surface area contributed by atoms with Crippen molar-refractivity contribution in [3.8, 4) is 0 Å². The number of hydrogen-bond donors (Lipinski definition) is 2. The fourth-order valence-corrected chi connectivity index (χ4v) is 2.76. The van der Waals surface area contributed by atoms with E-state index in [1.807, 2.05) is 0 Å². The summed E-state index contributed by atoms with van der Waals surface area (Å²) in [7, 11) is 1.65. The van der Waals surface area contributed by atoms with Crippen LogP contribution in [0.1, 0.15) is 41.9 Å². The zero-order chi connectivity index (χ0) is 13.0. The van der Waals surface area contributed by atoms with E-state index in [9.17, 15) is 4.79 Å². The van der Waals surface area contributed by atoms with Crippen molar-refractivity contribution in [1.29, 1.82) is 0 Å². The van der Waals surface area contributed by atoms with E-state index in [-0.39, 0.29) is 6.03 Å². The number of carbonyl (C=O) groups excluding carboxylic acids is 1. The van der Waals surface area contributed by atoms with E-state index in [0.717, 1.165) is 13.0 Å². The number of nitrogens with one attached hydrogen (secondary N) is 2. The summed E-state index contributed by atoms with van der Waals surface area (Å²) in [4.78, 5) is 11.1. The number of carbonyl (C=O) groups is 1. The highest BCUT2D eigenvalue weighted by molar-refractivity contribution is 5.73. The topological polar surface area (TPSA) is 41.1 Å². The molecule has 3 heteroatoms. The summed E-state index contributed by atoms with van der Waals surface area (Å²) >= 11 is 0. The van der Waals surface area contributed by atoms with Gasteiger partial charge in [0.15, 0.2) is 0 Å². The highest BCUT2D eigenvalue weighted by Crippen LogP contribution is 2.34. The molecule has 0 radical (unpaired) electrons. The number of aryl methyl sites for hydroxylation is 2. The van der Waals surface area contributed by atoms with Crippen LogP contribution in [0.4, 0.5) is 4.79 Å². The maximum atomic E-state index is 11.1. The molecule has 1 aromatic carbocycles. The minimum absolute atomic E-state index is 0.0877. The fraction of sp³-hybridized carbons (Fsp3) is 0.533. The highest BCUT2D eigenvalue weighted by Gasteiger charge is 2.19. The molecular formula is C15H22N2O. The minimum Gasteiger partial charge on any atom is -0.341 e. The molecule has 1 aromatic rings. The Morgan fingerprint density at radius 2 is 2.28 bits per heavy atom. The van der Waals surface area contributed by atoms with Gasteiger partial charge < -0.3 is 10.6 Å². The van der Waals surface area contributed by atoms with E-state index in [0.29, 0.717) is 5.92 Å². The molecule has 2 rings (SSSR count). The normalized spacial score (nSPS) is 18.0. The van der Waals surface area contributed by atoms with Gasteiger partial charge in [-0.3, -0.25) is 0 Å². The van der Waals surface area contributed by atoms with Crippen LogP contribution in [0.25, 0.3) is 0 Å². The third-order valence-corrected chi connectivity index (χ3v) is 3.75. The predicted molar refractivity (Wildman–Crippen MR) is 73.9 cm³/mol. The number of benzene rings is 1. The van der Waals surface area contributed by atoms with Gasteiger partial charge in [0, 0.05) is 13.6 Å². The highest BCUT2D eigenvalue weighted by atomic mass is 16.2. The third kappa shape index (κ3) is 3.03. The monoisotopic (exact) mass is 246 g/mol. The van der Waals surface area contributed by atoms with E-state index < -0.39 is 0 Å². The van der Waals surface area contributed by atoms with Crippen molar-refractivity contribution in [2.75, 3.05) is 13.6 Å². The van der Waals surface area contributed by atoms with Crippen LogP contribution in [0.3, 0.4) is 0 Å². The Labute approximate surface area is 109 Å². The van der Waals surface area contributed by atoms with Crippen molar-refractivity contribution in [2.24, 2.45) is 0 Å². The van der Waals surface area contributed by atoms with Gasteiger partial charge in [0.05, 0.1) is 0 Å². The summed E-state index contributed by atoms with van der Waals surface area (Å²) in [5, 5.41) is 5.46. The van der Waals surface area contributed by atoms with Crippen LogP contribution in [-0.4, -0.2) is 19.6 Å². The second-order valence-electron chi connectivity index (χ2n) is 5.09. The van der Waals surface area contributed by atoms with Crippen molar-refractivity contribution in [3.05, 3.63) is 34.9 Å². The second kappa shape index (κ2) is 5.89. The molecule has 18 heavy (non-hydrogen) atoms. The molecule has 2 amide bonds. The summed E-state index contributed by atoms with van der Waals surface area (Å²) in [5.74, 6) is 0.603. The zero-order valence-electron chi connectivity index (χ0n) is 11.3. The Kier molecular flexibility index (Phi) is 4.24. The largest absolute Gasteiger partial charge is 0.341 e. The van der Waals surface area contributed by atoms with Gasteiger partial charge in [-0.05, 0) is 49.7 Å². The van der Waals surface area contributed by atoms with Gasteiger partial charge in [-0.1, -0.05) is 23.8 Å². The summed E-state index contributed by atoms with van der Waals surface area (Å²) in [6, 6.07) is 6.70. The molecule has 1 aliphatic carbocycles. The van der Waals surface area contributed by atoms with Gasteiger partial charge in [-0.15, -0.1) is 0 Å². The van der Waals surface area contributed by atoms with Gasteiger partial charge in [-0.2, -0.15) is 0 Å². The van der Waals surface area contributed by atoms with Crippen molar-refractivity contribution >= 4 is 6.03 Å². The van der Waals surface area contributed by atoms with Gasteiger partial charge in [0.1, 0.15) is 0 Å². The molecule has 0 fully saturated rings. The number of fused-ring (bicyclic) bond motifs is 1. The lowest BCUT2D eigenvalue weighted by Crippen LogP contribution is -2.34. The molecule has 1 aliphatic rings. The molecule has 98 valence electrons. The van der Waals surface area contributed by atoms with Crippen molar-refractivity contribution < 1.29 is 4.79 Å². The summed E-state index contributed by atoms with van der Waals surface area (Å²) in [6.45, 7) is 2.90. The fourth-order valence-electron chi connectivity index (χ4n) is 2.76. The summed E-state index contributed by atoms with van der Waals surface area (Å²) in [6.07, 6.45) is 4.74. The van der Waals surface area contributed by atoms with E-state index in [1.54, 1.807) is 7.05 Å². The molecule has 1 atom stereocenters. The molecule has 0 bridgehead atoms. The molecular weight excluding hydrogens is 224 g/mol. The Bertz CT molecular complexity index is 429. The number of amides is 2. The van der Waals surface area contributed by atoms with Gasteiger partial charge in [0.25, 0.3) is 0 Å². The lowest BCUT2D eigenvalue weighted by molar-refractivity contribution is 0.242. The SMILES string of the molecule is CNC(=O)NCCC1CCCc2ccc(C)cc21. The van der Waals surface area contributed by atoms with Crippen LogP contribution in [0.5, 0.6) is 0 Å².